The molecule has 0 bridgehead atoms. The lowest BCUT2D eigenvalue weighted by Crippen LogP contribution is -2.45. The van der Waals surface area contributed by atoms with Crippen LogP contribution in [0.5, 0.6) is 0 Å². The van der Waals surface area contributed by atoms with Gasteiger partial charge < -0.3 is 9.57 Å². The Morgan fingerprint density at radius 1 is 1.43 bits per heavy atom. The summed E-state index contributed by atoms with van der Waals surface area (Å²) in [4.78, 5) is 15.3. The number of hydrogen-bond acceptors (Lipinski definition) is 4. The Kier molecular flexibility index (Phi) is 3.50. The first-order chi connectivity index (χ1) is 6.50. The normalized spacial score (nSPS) is 29.1. The van der Waals surface area contributed by atoms with Crippen molar-refractivity contribution in [2.75, 3.05) is 13.7 Å². The summed E-state index contributed by atoms with van der Waals surface area (Å²) in [6.07, 6.45) is 1.06. The molecule has 4 nitrogen and oxygen atoms in total. The van der Waals surface area contributed by atoms with Crippen molar-refractivity contribution in [2.24, 2.45) is 5.41 Å². The molecule has 0 amide bonds. The fourth-order valence-electron chi connectivity index (χ4n) is 2.15. The third-order valence-corrected chi connectivity index (χ3v) is 2.66. The van der Waals surface area contributed by atoms with Gasteiger partial charge in [0.15, 0.2) is 0 Å². The summed E-state index contributed by atoms with van der Waals surface area (Å²) in [7, 11) is 1.70. The first-order valence-electron chi connectivity index (χ1n) is 4.90. The van der Waals surface area contributed by atoms with E-state index in [0.717, 1.165) is 13.0 Å². The minimum Gasteiger partial charge on any atom is -0.380 e. The van der Waals surface area contributed by atoms with Crippen molar-refractivity contribution >= 4 is 6.47 Å². The molecule has 14 heavy (non-hydrogen) atoms. The maximum atomic E-state index is 10.3. The van der Waals surface area contributed by atoms with Crippen LogP contribution < -0.4 is 0 Å². The zero-order valence-electron chi connectivity index (χ0n) is 9.32. The Morgan fingerprint density at radius 3 is 2.50 bits per heavy atom. The Hall–Kier alpha value is -0.610. The highest BCUT2D eigenvalue weighted by atomic mass is 16.7. The van der Waals surface area contributed by atoms with Gasteiger partial charge in [-0.25, -0.2) is 0 Å². The van der Waals surface area contributed by atoms with E-state index in [0.29, 0.717) is 6.47 Å². The molecule has 1 unspecified atom stereocenters. The molecular formula is C10H19NO3. The lowest BCUT2D eigenvalue weighted by Gasteiger charge is -2.35. The fraction of sp³-hybridized carbons (Fsp3) is 0.900. The molecule has 0 N–H and O–H groups in total. The van der Waals surface area contributed by atoms with E-state index >= 15 is 0 Å². The van der Waals surface area contributed by atoms with Gasteiger partial charge in [-0.3, -0.25) is 4.79 Å². The maximum Gasteiger partial charge on any atom is 0.313 e. The standard InChI is InChI=1S/C10H19NO3/c1-10(2,3)9-8(13-4)5-6-11(9)14-7-12/h7-9H,5-6H2,1-4H3/t8-,9?/m1/s1. The molecule has 2 atom stereocenters. The van der Waals surface area contributed by atoms with E-state index in [1.165, 1.54) is 0 Å². The van der Waals surface area contributed by atoms with Crippen molar-refractivity contribution in [3.8, 4) is 0 Å². The third-order valence-electron chi connectivity index (χ3n) is 2.66. The van der Waals surface area contributed by atoms with Crippen LogP contribution in [0.2, 0.25) is 0 Å². The van der Waals surface area contributed by atoms with Gasteiger partial charge in [0.25, 0.3) is 0 Å². The van der Waals surface area contributed by atoms with E-state index in [2.05, 4.69) is 20.8 Å². The van der Waals surface area contributed by atoms with E-state index in [9.17, 15) is 4.79 Å². The minimum atomic E-state index is 0.0419. The molecule has 0 aliphatic carbocycles. The summed E-state index contributed by atoms with van der Waals surface area (Å²) in [5.41, 5.74) is 0.0419. The highest BCUT2D eigenvalue weighted by Crippen LogP contribution is 2.34. The molecule has 1 fully saturated rings. The van der Waals surface area contributed by atoms with Gasteiger partial charge in [-0.1, -0.05) is 20.8 Å². The molecule has 1 saturated heterocycles. The van der Waals surface area contributed by atoms with Gasteiger partial charge in [-0.05, 0) is 11.8 Å². The monoisotopic (exact) mass is 201 g/mol. The summed E-state index contributed by atoms with van der Waals surface area (Å²) in [5, 5.41) is 1.72. The predicted octanol–water partition coefficient (Wildman–Crippen LogP) is 1.21. The number of rotatable bonds is 3. The predicted molar refractivity (Wildman–Crippen MR) is 52.5 cm³/mol. The number of carbonyl (C=O) groups excluding carboxylic acids is 1. The lowest BCUT2D eigenvalue weighted by atomic mass is 9.84. The molecule has 1 aliphatic heterocycles. The van der Waals surface area contributed by atoms with E-state index in [4.69, 9.17) is 9.57 Å². The van der Waals surface area contributed by atoms with Gasteiger partial charge in [0.1, 0.15) is 0 Å². The zero-order valence-corrected chi connectivity index (χ0v) is 9.32. The molecule has 0 aromatic carbocycles. The molecule has 0 aromatic heterocycles. The SMILES string of the molecule is CO[C@@H]1CCN(OC=O)C1C(C)(C)C. The summed E-state index contributed by atoms with van der Waals surface area (Å²) in [6, 6.07) is 0.137. The average molecular weight is 201 g/mol. The lowest BCUT2D eigenvalue weighted by molar-refractivity contribution is -0.193. The first-order valence-corrected chi connectivity index (χ1v) is 4.90. The van der Waals surface area contributed by atoms with E-state index < -0.39 is 0 Å². The van der Waals surface area contributed by atoms with Gasteiger partial charge in [0.05, 0.1) is 12.1 Å². The van der Waals surface area contributed by atoms with Crippen LogP contribution in [-0.2, 0) is 14.4 Å². The second-order valence-electron chi connectivity index (χ2n) is 4.72. The molecular weight excluding hydrogens is 182 g/mol. The Labute approximate surface area is 85.1 Å². The van der Waals surface area contributed by atoms with Crippen LogP contribution in [0.25, 0.3) is 0 Å². The zero-order chi connectivity index (χ0) is 10.8. The number of ether oxygens (including phenoxy) is 1. The second-order valence-corrected chi connectivity index (χ2v) is 4.72. The van der Waals surface area contributed by atoms with Gasteiger partial charge in [0.2, 0.25) is 0 Å². The third kappa shape index (κ3) is 2.25. The molecule has 0 aromatic rings. The highest BCUT2D eigenvalue weighted by Gasteiger charge is 2.43. The van der Waals surface area contributed by atoms with Crippen molar-refractivity contribution in [1.82, 2.24) is 5.06 Å². The van der Waals surface area contributed by atoms with E-state index in [-0.39, 0.29) is 17.6 Å². The van der Waals surface area contributed by atoms with Crippen LogP contribution >= 0.6 is 0 Å². The topological polar surface area (TPSA) is 38.8 Å². The van der Waals surface area contributed by atoms with Gasteiger partial charge in [-0.2, -0.15) is 0 Å². The Morgan fingerprint density at radius 2 is 2.07 bits per heavy atom. The van der Waals surface area contributed by atoms with Crippen molar-refractivity contribution in [1.29, 1.82) is 0 Å². The van der Waals surface area contributed by atoms with Crippen molar-refractivity contribution < 1.29 is 14.4 Å². The number of methoxy groups -OCH3 is 1. The fourth-order valence-corrected chi connectivity index (χ4v) is 2.15. The molecule has 0 radical (unpaired) electrons. The molecule has 82 valence electrons. The summed E-state index contributed by atoms with van der Waals surface area (Å²) in [5.74, 6) is 0. The van der Waals surface area contributed by atoms with Crippen molar-refractivity contribution in [3.63, 3.8) is 0 Å². The quantitative estimate of drug-likeness (QED) is 0.643. The van der Waals surface area contributed by atoms with Gasteiger partial charge >= 0.3 is 6.47 Å². The van der Waals surface area contributed by atoms with Crippen molar-refractivity contribution in [3.05, 3.63) is 0 Å². The number of carbonyl (C=O) groups is 1. The van der Waals surface area contributed by atoms with Gasteiger partial charge in [-0.15, -0.1) is 5.06 Å². The van der Waals surface area contributed by atoms with Gasteiger partial charge in [0, 0.05) is 13.7 Å². The molecule has 0 spiro atoms. The highest BCUT2D eigenvalue weighted by molar-refractivity contribution is 5.36. The first kappa shape index (κ1) is 11.5. The van der Waals surface area contributed by atoms with Crippen LogP contribution in [0.4, 0.5) is 0 Å². The smallest absolute Gasteiger partial charge is 0.313 e. The largest absolute Gasteiger partial charge is 0.380 e. The second kappa shape index (κ2) is 4.28. The molecule has 0 saturated carbocycles. The summed E-state index contributed by atoms with van der Waals surface area (Å²) in [6.45, 7) is 7.60. The summed E-state index contributed by atoms with van der Waals surface area (Å²) < 4.78 is 5.39. The molecule has 1 aliphatic rings. The number of hydroxylamine groups is 2. The molecule has 4 heteroatoms. The Bertz CT molecular complexity index is 200. The van der Waals surface area contributed by atoms with Crippen LogP contribution in [0.15, 0.2) is 0 Å². The van der Waals surface area contributed by atoms with Crippen LogP contribution in [0.3, 0.4) is 0 Å². The van der Waals surface area contributed by atoms with Crippen LogP contribution in [-0.4, -0.2) is 37.3 Å². The van der Waals surface area contributed by atoms with Crippen molar-refractivity contribution in [2.45, 2.75) is 39.3 Å². The maximum absolute atomic E-state index is 10.3. The number of nitrogens with zero attached hydrogens (tertiary/aromatic N) is 1. The van der Waals surface area contributed by atoms with E-state index in [1.54, 1.807) is 12.2 Å². The average Bonchev–Trinajstić information content (AvgIpc) is 2.47. The van der Waals surface area contributed by atoms with E-state index in [1.807, 2.05) is 0 Å². The summed E-state index contributed by atoms with van der Waals surface area (Å²) >= 11 is 0. The van der Waals surface area contributed by atoms with Crippen LogP contribution in [0, 0.1) is 5.41 Å². The molecule has 1 heterocycles. The number of hydrogen-bond donors (Lipinski definition) is 0. The molecule has 1 rings (SSSR count). The Balaban J connectivity index is 2.75. The minimum absolute atomic E-state index is 0.0419. The van der Waals surface area contributed by atoms with Crippen LogP contribution in [0.1, 0.15) is 27.2 Å².